The predicted molar refractivity (Wildman–Crippen MR) is 76.4 cm³/mol. The fourth-order valence-electron chi connectivity index (χ4n) is 2.05. The molecule has 0 bridgehead atoms. The average Bonchev–Trinajstić information content (AvgIpc) is 2.42. The lowest BCUT2D eigenvalue weighted by Gasteiger charge is -2.36. The smallest absolute Gasteiger partial charge is 0.415 e. The van der Waals surface area contributed by atoms with Gasteiger partial charge in [-0.2, -0.15) is 13.2 Å². The lowest BCUT2D eigenvalue weighted by Crippen LogP contribution is -2.49. The van der Waals surface area contributed by atoms with Crippen molar-refractivity contribution in [1.29, 1.82) is 0 Å². The zero-order valence-corrected chi connectivity index (χ0v) is 12.3. The molecule has 22 heavy (non-hydrogen) atoms. The minimum Gasteiger partial charge on any atom is -0.415 e. The number of hydrogen-bond donors (Lipinski definition) is 2. The monoisotopic (exact) mass is 312 g/mol. The molecule has 0 saturated carbocycles. The number of cyclic esters (lactones) is 1. The van der Waals surface area contributed by atoms with Crippen LogP contribution >= 0.6 is 0 Å². The van der Waals surface area contributed by atoms with Gasteiger partial charge in [-0.1, -0.05) is 19.8 Å². The summed E-state index contributed by atoms with van der Waals surface area (Å²) in [5.74, 6) is 4.29. The molecule has 1 aromatic carbocycles. The highest BCUT2D eigenvalue weighted by Crippen LogP contribution is 2.47. The minimum atomic E-state index is -4.87. The number of amides is 1. The largest absolute Gasteiger partial charge is 0.445 e. The summed E-state index contributed by atoms with van der Waals surface area (Å²) in [6.07, 6.45) is -6.05. The first-order valence-electron chi connectivity index (χ1n) is 6.61. The lowest BCUT2D eigenvalue weighted by molar-refractivity contribution is -0.239. The highest BCUT2D eigenvalue weighted by Gasteiger charge is 2.62. The molecule has 0 aromatic heterocycles. The molecule has 1 amide bonds. The number of fused-ring (bicyclic) bond motifs is 1. The van der Waals surface area contributed by atoms with Crippen LogP contribution in [-0.4, -0.2) is 19.3 Å². The Balaban J connectivity index is 2.74. The second kappa shape index (κ2) is 5.44. The van der Waals surface area contributed by atoms with E-state index in [1.165, 1.54) is 12.1 Å². The maximum atomic E-state index is 13.7. The van der Waals surface area contributed by atoms with Crippen LogP contribution in [0.25, 0.3) is 0 Å². The summed E-state index contributed by atoms with van der Waals surface area (Å²) in [5.41, 5.74) is -2.72. The Morgan fingerprint density at radius 2 is 2.05 bits per heavy atom. The van der Waals surface area contributed by atoms with Crippen LogP contribution in [0.3, 0.4) is 0 Å². The van der Waals surface area contributed by atoms with Crippen molar-refractivity contribution in [3.63, 3.8) is 0 Å². The van der Waals surface area contributed by atoms with E-state index in [1.54, 1.807) is 27.0 Å². The third-order valence-corrected chi connectivity index (χ3v) is 3.11. The molecule has 7 heteroatoms. The van der Waals surface area contributed by atoms with E-state index in [1.807, 2.05) is 0 Å². The maximum Gasteiger partial charge on any atom is 0.445 e. The van der Waals surface area contributed by atoms with Crippen LogP contribution in [0.15, 0.2) is 18.2 Å². The molecule has 4 nitrogen and oxygen atoms in total. The number of ether oxygens (including phenoxy) is 1. The Kier molecular flexibility index (Phi) is 3.96. The van der Waals surface area contributed by atoms with Gasteiger partial charge in [-0.15, -0.1) is 0 Å². The number of halogens is 3. The van der Waals surface area contributed by atoms with Crippen molar-refractivity contribution in [3.05, 3.63) is 23.8 Å². The fraction of sp³-hybridized carbons (Fsp3) is 0.400. The molecule has 0 unspecified atom stereocenters. The summed E-state index contributed by atoms with van der Waals surface area (Å²) >= 11 is 0. The van der Waals surface area contributed by atoms with Gasteiger partial charge in [0.15, 0.2) is 0 Å². The van der Waals surface area contributed by atoms with Crippen LogP contribution in [0, 0.1) is 17.8 Å². The third kappa shape index (κ3) is 2.69. The molecule has 0 aliphatic carbocycles. The van der Waals surface area contributed by atoms with E-state index in [0.717, 1.165) is 0 Å². The first-order chi connectivity index (χ1) is 10.2. The Hall–Kier alpha value is -2.36. The molecule has 2 rings (SSSR count). The number of nitrogens with one attached hydrogen (secondary N) is 2. The van der Waals surface area contributed by atoms with Gasteiger partial charge < -0.3 is 10.1 Å². The van der Waals surface area contributed by atoms with E-state index in [2.05, 4.69) is 27.2 Å². The normalized spacial score (nSPS) is 20.4. The van der Waals surface area contributed by atoms with E-state index in [0.29, 0.717) is 5.69 Å². The highest BCUT2D eigenvalue weighted by molar-refractivity contribution is 5.90. The number of alkyl halides is 3. The summed E-state index contributed by atoms with van der Waals surface area (Å²) in [5, 5.41) is 5.03. The van der Waals surface area contributed by atoms with Gasteiger partial charge in [0.25, 0.3) is 5.60 Å². The van der Waals surface area contributed by atoms with Crippen LogP contribution in [0.2, 0.25) is 0 Å². The molecule has 0 spiro atoms. The molecule has 2 N–H and O–H groups in total. The van der Waals surface area contributed by atoms with Crippen molar-refractivity contribution in [3.8, 4) is 11.8 Å². The second-order valence-electron chi connectivity index (χ2n) is 5.13. The maximum absolute atomic E-state index is 13.7. The van der Waals surface area contributed by atoms with E-state index in [-0.39, 0.29) is 17.2 Å². The van der Waals surface area contributed by atoms with Crippen LogP contribution in [0.1, 0.15) is 19.4 Å². The van der Waals surface area contributed by atoms with Gasteiger partial charge in [-0.3, -0.25) is 5.32 Å². The molecule has 1 heterocycles. The van der Waals surface area contributed by atoms with Gasteiger partial charge in [0.2, 0.25) is 0 Å². The Bertz CT molecular complexity index is 659. The molecule has 1 aromatic rings. The molecular formula is C15H15F3N2O2. The fourth-order valence-corrected chi connectivity index (χ4v) is 2.05. The van der Waals surface area contributed by atoms with Crippen molar-refractivity contribution in [2.75, 3.05) is 17.7 Å². The Morgan fingerprint density at radius 3 is 2.59 bits per heavy atom. The Labute approximate surface area is 126 Å². The average molecular weight is 312 g/mol. The summed E-state index contributed by atoms with van der Waals surface area (Å²) < 4.78 is 45.8. The zero-order chi connectivity index (χ0) is 16.5. The molecule has 1 atom stereocenters. The Morgan fingerprint density at radius 1 is 1.36 bits per heavy atom. The van der Waals surface area contributed by atoms with Gasteiger partial charge in [-0.25, -0.2) is 4.79 Å². The van der Waals surface area contributed by atoms with E-state index in [9.17, 15) is 18.0 Å². The quantitative estimate of drug-likeness (QED) is 0.777. The van der Waals surface area contributed by atoms with Crippen molar-refractivity contribution >= 4 is 17.5 Å². The van der Waals surface area contributed by atoms with Gasteiger partial charge >= 0.3 is 12.3 Å². The van der Waals surface area contributed by atoms with Crippen molar-refractivity contribution < 1.29 is 22.7 Å². The first-order valence-corrected chi connectivity index (χ1v) is 6.61. The molecule has 0 radical (unpaired) electrons. The summed E-state index contributed by atoms with van der Waals surface area (Å²) in [7, 11) is 1.58. The van der Waals surface area contributed by atoms with Gasteiger partial charge in [0.05, 0.1) is 5.69 Å². The highest BCUT2D eigenvalue weighted by atomic mass is 19.4. The van der Waals surface area contributed by atoms with Crippen LogP contribution < -0.4 is 10.6 Å². The van der Waals surface area contributed by atoms with Gasteiger partial charge in [0, 0.05) is 24.2 Å². The van der Waals surface area contributed by atoms with Crippen LogP contribution in [0.5, 0.6) is 0 Å². The van der Waals surface area contributed by atoms with Crippen LogP contribution in [-0.2, 0) is 10.3 Å². The molecular weight excluding hydrogens is 297 g/mol. The third-order valence-electron chi connectivity index (χ3n) is 3.11. The van der Waals surface area contributed by atoms with E-state index >= 15 is 0 Å². The molecule has 0 saturated heterocycles. The van der Waals surface area contributed by atoms with E-state index < -0.39 is 17.9 Å². The topological polar surface area (TPSA) is 50.4 Å². The minimum absolute atomic E-state index is 0.0330. The molecule has 0 fully saturated rings. The van der Waals surface area contributed by atoms with Crippen molar-refractivity contribution in [1.82, 2.24) is 0 Å². The number of benzene rings is 1. The lowest BCUT2D eigenvalue weighted by atomic mass is 9.89. The number of anilines is 2. The van der Waals surface area contributed by atoms with Crippen molar-refractivity contribution in [2.45, 2.75) is 25.6 Å². The van der Waals surface area contributed by atoms with Gasteiger partial charge in [0.1, 0.15) is 0 Å². The summed E-state index contributed by atoms with van der Waals surface area (Å²) in [4.78, 5) is 11.6. The first kappa shape index (κ1) is 16.0. The SMILES string of the molecule is CNc1ccc2c(c1)[C@@](C#CC(C)C)(C(F)(F)F)OC(=O)N2. The number of rotatable bonds is 1. The van der Waals surface area contributed by atoms with Crippen LogP contribution in [0.4, 0.5) is 29.3 Å². The number of carbonyl (C=O) groups is 1. The second-order valence-corrected chi connectivity index (χ2v) is 5.13. The number of carbonyl (C=O) groups excluding carboxylic acids is 1. The number of hydrogen-bond acceptors (Lipinski definition) is 3. The molecule has 118 valence electrons. The summed E-state index contributed by atoms with van der Waals surface area (Å²) in [6, 6.07) is 4.22. The standard InChI is InChI=1S/C15H15F3N2O2/c1-9(2)6-7-14(15(16,17)18)11-8-10(19-3)4-5-12(11)20-13(21)22-14/h4-5,8-9,19H,1-3H3,(H,20,21)/t14-/m0/s1. The predicted octanol–water partition coefficient (Wildman–Crippen LogP) is 3.71. The van der Waals surface area contributed by atoms with Crippen molar-refractivity contribution in [2.24, 2.45) is 5.92 Å². The molecule has 1 aliphatic rings. The summed E-state index contributed by atoms with van der Waals surface area (Å²) in [6.45, 7) is 3.32. The zero-order valence-electron chi connectivity index (χ0n) is 12.3. The van der Waals surface area contributed by atoms with E-state index in [4.69, 9.17) is 0 Å². The van der Waals surface area contributed by atoms with Gasteiger partial charge in [-0.05, 0) is 24.1 Å². The molecule has 1 aliphatic heterocycles.